The molecule has 1 saturated carbocycles. The number of nitrogens with one attached hydrogen (secondary N) is 1. The van der Waals surface area contributed by atoms with E-state index in [9.17, 15) is 9.59 Å². The van der Waals surface area contributed by atoms with E-state index in [0.717, 1.165) is 36.1 Å². The summed E-state index contributed by atoms with van der Waals surface area (Å²) in [5.41, 5.74) is 1.16. The molecular weight excluding hydrogens is 410 g/mol. The lowest BCUT2D eigenvalue weighted by Crippen LogP contribution is -2.64. The summed E-state index contributed by atoms with van der Waals surface area (Å²) < 4.78 is 7.49. The van der Waals surface area contributed by atoms with E-state index in [0.29, 0.717) is 24.4 Å². The maximum atomic E-state index is 13.7. The van der Waals surface area contributed by atoms with Gasteiger partial charge in [-0.2, -0.15) is 0 Å². The number of furan rings is 1. The first-order valence-corrected chi connectivity index (χ1v) is 12.2. The van der Waals surface area contributed by atoms with Crippen molar-refractivity contribution in [3.8, 4) is 0 Å². The summed E-state index contributed by atoms with van der Waals surface area (Å²) >= 11 is 1.61. The third kappa shape index (κ3) is 3.69. The van der Waals surface area contributed by atoms with Crippen molar-refractivity contribution in [2.45, 2.75) is 76.5 Å². The molecule has 0 radical (unpaired) electrons. The Kier molecular flexibility index (Phi) is 5.38. The van der Waals surface area contributed by atoms with Gasteiger partial charge in [-0.15, -0.1) is 11.3 Å². The summed E-state index contributed by atoms with van der Waals surface area (Å²) in [4.78, 5) is 30.2. The fourth-order valence-electron chi connectivity index (χ4n) is 5.02. The second kappa shape index (κ2) is 8.19. The number of thiophene rings is 1. The number of nitrogens with zero attached hydrogens (tertiary/aromatic N) is 2. The molecule has 5 rings (SSSR count). The molecule has 1 aliphatic carbocycles. The van der Waals surface area contributed by atoms with Crippen LogP contribution in [0.2, 0.25) is 0 Å². The van der Waals surface area contributed by atoms with Gasteiger partial charge in [-0.05, 0) is 31.2 Å². The minimum absolute atomic E-state index is 0.0565. The molecule has 2 amide bonds. The van der Waals surface area contributed by atoms with Crippen LogP contribution in [-0.2, 0) is 17.9 Å². The van der Waals surface area contributed by atoms with Gasteiger partial charge < -0.3 is 19.2 Å². The summed E-state index contributed by atoms with van der Waals surface area (Å²) in [5.74, 6) is -0.180. The van der Waals surface area contributed by atoms with Gasteiger partial charge in [-0.25, -0.2) is 0 Å². The summed E-state index contributed by atoms with van der Waals surface area (Å²) in [6.07, 6.45) is 9.72. The molecule has 0 spiro atoms. The van der Waals surface area contributed by atoms with Gasteiger partial charge in [0.25, 0.3) is 5.91 Å². The predicted octanol–water partition coefficient (Wildman–Crippen LogP) is 4.94. The van der Waals surface area contributed by atoms with E-state index in [1.807, 2.05) is 35.1 Å². The van der Waals surface area contributed by atoms with E-state index in [1.165, 1.54) is 19.3 Å². The van der Waals surface area contributed by atoms with E-state index in [4.69, 9.17) is 4.42 Å². The van der Waals surface area contributed by atoms with Crippen molar-refractivity contribution in [2.24, 2.45) is 0 Å². The van der Waals surface area contributed by atoms with E-state index >= 15 is 0 Å². The molecule has 3 aromatic rings. The fourth-order valence-corrected chi connectivity index (χ4v) is 5.71. The highest BCUT2D eigenvalue weighted by molar-refractivity contribution is 7.09. The number of carbonyl (C=O) groups is 2. The first-order valence-electron chi connectivity index (χ1n) is 11.3. The van der Waals surface area contributed by atoms with Crippen LogP contribution in [0.5, 0.6) is 0 Å². The van der Waals surface area contributed by atoms with Crippen LogP contribution in [0.3, 0.4) is 0 Å². The van der Waals surface area contributed by atoms with Crippen molar-refractivity contribution < 1.29 is 14.0 Å². The average Bonchev–Trinajstić information content (AvgIpc) is 3.46. The van der Waals surface area contributed by atoms with Gasteiger partial charge in [0.1, 0.15) is 11.2 Å². The number of fused-ring (bicyclic) bond motifs is 3. The smallest absolute Gasteiger partial charge is 0.271 e. The van der Waals surface area contributed by atoms with E-state index in [-0.39, 0.29) is 17.9 Å². The highest BCUT2D eigenvalue weighted by atomic mass is 32.1. The standard InChI is InChI=1S/C24H29N3O3S/c1-24(23(29)25-17-8-5-3-2-4-6-9-17)16-26-19-11-12-30-21(19)14-20(26)22(28)27(24)15-18-10-7-13-31-18/h7,10-14,17H,2-6,8-9,15-16H2,1H3,(H,25,29)/t24-/m1/s1. The van der Waals surface area contributed by atoms with Crippen LogP contribution in [0.4, 0.5) is 0 Å². The lowest BCUT2D eigenvalue weighted by molar-refractivity contribution is -0.134. The Labute approximate surface area is 186 Å². The Balaban J connectivity index is 1.48. The van der Waals surface area contributed by atoms with Gasteiger partial charge in [0.2, 0.25) is 5.91 Å². The zero-order chi connectivity index (χ0) is 21.4. The number of hydrogen-bond acceptors (Lipinski definition) is 4. The number of aromatic nitrogens is 1. The molecule has 1 atom stereocenters. The fraction of sp³-hybridized carbons (Fsp3) is 0.500. The van der Waals surface area contributed by atoms with Crippen LogP contribution in [0.25, 0.3) is 11.1 Å². The topological polar surface area (TPSA) is 67.5 Å². The quantitative estimate of drug-likeness (QED) is 0.626. The third-order valence-electron chi connectivity index (χ3n) is 6.87. The summed E-state index contributed by atoms with van der Waals surface area (Å²) in [6.45, 7) is 2.75. The van der Waals surface area contributed by atoms with Crippen LogP contribution in [-0.4, -0.2) is 32.9 Å². The van der Waals surface area contributed by atoms with Crippen molar-refractivity contribution in [1.82, 2.24) is 14.8 Å². The molecule has 0 unspecified atom stereocenters. The molecule has 3 aromatic heterocycles. The van der Waals surface area contributed by atoms with Gasteiger partial charge in [0, 0.05) is 23.1 Å². The molecule has 0 saturated heterocycles. The Bertz CT molecular complexity index is 1080. The minimum atomic E-state index is -0.973. The Hall–Kier alpha value is -2.54. The molecule has 4 heterocycles. The molecule has 0 aromatic carbocycles. The van der Waals surface area contributed by atoms with Gasteiger partial charge in [-0.3, -0.25) is 9.59 Å². The van der Waals surface area contributed by atoms with Crippen molar-refractivity contribution in [1.29, 1.82) is 0 Å². The van der Waals surface area contributed by atoms with E-state index < -0.39 is 5.54 Å². The second-order valence-electron chi connectivity index (χ2n) is 9.05. The Morgan fingerprint density at radius 1 is 1.23 bits per heavy atom. The molecule has 1 aliphatic heterocycles. The third-order valence-corrected chi connectivity index (χ3v) is 7.73. The highest BCUT2D eigenvalue weighted by Gasteiger charge is 2.48. The molecule has 31 heavy (non-hydrogen) atoms. The van der Waals surface area contributed by atoms with E-state index in [2.05, 4.69) is 5.32 Å². The van der Waals surface area contributed by atoms with Crippen molar-refractivity contribution in [3.63, 3.8) is 0 Å². The number of carbonyl (C=O) groups excluding carboxylic acids is 2. The summed E-state index contributed by atoms with van der Waals surface area (Å²) in [6, 6.07) is 7.85. The largest absolute Gasteiger partial charge is 0.463 e. The molecule has 0 bridgehead atoms. The van der Waals surface area contributed by atoms with Crippen LogP contribution in [0.15, 0.2) is 40.3 Å². The lowest BCUT2D eigenvalue weighted by atomic mass is 9.92. The number of amides is 2. The Morgan fingerprint density at radius 3 is 2.74 bits per heavy atom. The normalized spacial score (nSPS) is 22.9. The molecular formula is C24H29N3O3S. The van der Waals surface area contributed by atoms with Gasteiger partial charge in [0.05, 0.1) is 24.9 Å². The zero-order valence-corrected chi connectivity index (χ0v) is 18.7. The SMILES string of the molecule is C[C@]1(C(=O)NC2CCCCCCC2)Cn2c(cc3occc32)C(=O)N1Cc1cccs1. The Morgan fingerprint density at radius 2 is 2.00 bits per heavy atom. The lowest BCUT2D eigenvalue weighted by Gasteiger charge is -2.44. The number of rotatable bonds is 4. The van der Waals surface area contributed by atoms with Crippen molar-refractivity contribution >= 4 is 34.3 Å². The molecule has 1 N–H and O–H groups in total. The van der Waals surface area contributed by atoms with Crippen LogP contribution < -0.4 is 5.32 Å². The second-order valence-corrected chi connectivity index (χ2v) is 10.1. The maximum absolute atomic E-state index is 13.7. The molecule has 1 fully saturated rings. The van der Waals surface area contributed by atoms with Crippen LogP contribution >= 0.6 is 11.3 Å². The molecule has 164 valence electrons. The van der Waals surface area contributed by atoms with Gasteiger partial charge in [-0.1, -0.05) is 38.2 Å². The average molecular weight is 440 g/mol. The van der Waals surface area contributed by atoms with Gasteiger partial charge in [0.15, 0.2) is 5.58 Å². The maximum Gasteiger partial charge on any atom is 0.271 e. The monoisotopic (exact) mass is 439 g/mol. The zero-order valence-electron chi connectivity index (χ0n) is 17.9. The van der Waals surface area contributed by atoms with Crippen molar-refractivity contribution in [2.75, 3.05) is 0 Å². The van der Waals surface area contributed by atoms with Crippen LogP contribution in [0, 0.1) is 0 Å². The molecule has 6 nitrogen and oxygen atoms in total. The molecule has 7 heteroatoms. The van der Waals surface area contributed by atoms with Crippen molar-refractivity contribution in [3.05, 3.63) is 46.5 Å². The van der Waals surface area contributed by atoms with Crippen LogP contribution in [0.1, 0.15) is 67.2 Å². The summed E-state index contributed by atoms with van der Waals surface area (Å²) in [5, 5.41) is 5.33. The highest BCUT2D eigenvalue weighted by Crippen LogP contribution is 2.34. The number of hydrogen-bond donors (Lipinski definition) is 1. The van der Waals surface area contributed by atoms with E-state index in [1.54, 1.807) is 28.6 Å². The first kappa shape index (κ1) is 20.4. The van der Waals surface area contributed by atoms with Gasteiger partial charge >= 0.3 is 0 Å². The molecule has 2 aliphatic rings. The first-order chi connectivity index (χ1) is 15.1. The summed E-state index contributed by atoms with van der Waals surface area (Å²) in [7, 11) is 0. The predicted molar refractivity (Wildman–Crippen MR) is 121 cm³/mol. The minimum Gasteiger partial charge on any atom is -0.463 e.